The molecule has 1 unspecified atom stereocenters. The van der Waals surface area contributed by atoms with E-state index < -0.39 is 23.7 Å². The van der Waals surface area contributed by atoms with E-state index in [0.717, 1.165) is 24.2 Å². The molecule has 1 fully saturated rings. The van der Waals surface area contributed by atoms with Crippen LogP contribution in [0.4, 0.5) is 13.2 Å². The van der Waals surface area contributed by atoms with Gasteiger partial charge < -0.3 is 10.2 Å². The lowest BCUT2D eigenvalue weighted by Crippen LogP contribution is -2.47. The monoisotopic (exact) mass is 434 g/mol. The third-order valence-electron chi connectivity index (χ3n) is 4.57. The van der Waals surface area contributed by atoms with Crippen molar-refractivity contribution in [3.05, 3.63) is 41.4 Å². The van der Waals surface area contributed by atoms with Gasteiger partial charge in [0.1, 0.15) is 18.2 Å². The number of aromatic nitrogens is 3. The van der Waals surface area contributed by atoms with Gasteiger partial charge in [-0.3, -0.25) is 9.69 Å². The van der Waals surface area contributed by atoms with Gasteiger partial charge in [0, 0.05) is 11.6 Å². The smallest absolute Gasteiger partial charge is 0.480 e. The van der Waals surface area contributed by atoms with E-state index >= 15 is 0 Å². The fourth-order valence-electron chi connectivity index (χ4n) is 2.94. The van der Waals surface area contributed by atoms with Crippen LogP contribution in [0.25, 0.3) is 5.69 Å². The number of aliphatic carboxylic acids is 2. The van der Waals surface area contributed by atoms with Crippen LogP contribution in [0.2, 0.25) is 5.02 Å². The van der Waals surface area contributed by atoms with Crippen LogP contribution in [0.15, 0.2) is 30.9 Å². The normalized spacial score (nSPS) is 19.5. The summed E-state index contributed by atoms with van der Waals surface area (Å²) in [6.07, 6.45) is -0.471. The van der Waals surface area contributed by atoms with E-state index in [1.165, 1.54) is 6.33 Å². The van der Waals surface area contributed by atoms with Gasteiger partial charge in [-0.2, -0.15) is 18.3 Å². The van der Waals surface area contributed by atoms with Gasteiger partial charge >= 0.3 is 18.1 Å². The molecule has 1 aliphatic rings. The van der Waals surface area contributed by atoms with Gasteiger partial charge in [-0.1, -0.05) is 17.7 Å². The zero-order valence-electron chi connectivity index (χ0n) is 15.2. The van der Waals surface area contributed by atoms with Crippen molar-refractivity contribution in [2.45, 2.75) is 38.0 Å². The average molecular weight is 435 g/mol. The summed E-state index contributed by atoms with van der Waals surface area (Å²) in [7, 11) is 0. The van der Waals surface area contributed by atoms with E-state index in [4.69, 9.17) is 21.5 Å². The fourth-order valence-corrected chi connectivity index (χ4v) is 3.10. The van der Waals surface area contributed by atoms with Gasteiger partial charge in [-0.25, -0.2) is 14.5 Å². The minimum absolute atomic E-state index is 0.537. The maximum Gasteiger partial charge on any atom is 0.490 e. The standard InChI is InChI=1S/C15H17ClN4O2.C2HF3O2/c1-15(14(21)22)5-2-6-19(15)8-11-3-4-12(16)7-13(11)20-10-17-9-18-20;3-2(4,5)1(6)7/h3-4,7,9-10H,2,5-6,8H2,1H3,(H,21,22);(H,6,7). The molecule has 0 amide bonds. The minimum atomic E-state index is -5.08. The number of alkyl halides is 3. The third-order valence-corrected chi connectivity index (χ3v) is 4.80. The van der Waals surface area contributed by atoms with Crippen LogP contribution in [0.1, 0.15) is 25.3 Å². The number of hydrogen-bond donors (Lipinski definition) is 2. The van der Waals surface area contributed by atoms with Crippen molar-refractivity contribution in [2.75, 3.05) is 6.54 Å². The molecule has 0 spiro atoms. The molecule has 12 heteroatoms. The quantitative estimate of drug-likeness (QED) is 0.761. The molecule has 2 heterocycles. The zero-order chi connectivity index (χ0) is 21.8. The van der Waals surface area contributed by atoms with Crippen molar-refractivity contribution in [1.29, 1.82) is 0 Å². The molecule has 29 heavy (non-hydrogen) atoms. The number of nitrogens with zero attached hydrogens (tertiary/aromatic N) is 4. The first-order chi connectivity index (χ1) is 13.4. The maximum atomic E-state index is 11.6. The number of likely N-dealkylation sites (tertiary alicyclic amines) is 1. The molecule has 3 rings (SSSR count). The van der Waals surface area contributed by atoms with Crippen LogP contribution in [-0.4, -0.2) is 60.1 Å². The summed E-state index contributed by atoms with van der Waals surface area (Å²) >= 11 is 6.09. The summed E-state index contributed by atoms with van der Waals surface area (Å²) in [6.45, 7) is 3.09. The first-order valence-electron chi connectivity index (χ1n) is 8.37. The Morgan fingerprint density at radius 1 is 1.31 bits per heavy atom. The molecule has 2 N–H and O–H groups in total. The predicted octanol–water partition coefficient (Wildman–Crippen LogP) is 2.99. The van der Waals surface area contributed by atoms with E-state index in [9.17, 15) is 23.1 Å². The van der Waals surface area contributed by atoms with Crippen LogP contribution in [0.5, 0.6) is 0 Å². The molecule has 1 saturated heterocycles. The van der Waals surface area contributed by atoms with E-state index in [1.54, 1.807) is 17.9 Å². The molecule has 0 aliphatic carbocycles. The molecule has 0 saturated carbocycles. The second kappa shape index (κ2) is 8.78. The molecular formula is C17H18ClF3N4O4. The Hall–Kier alpha value is -2.66. The Balaban J connectivity index is 0.000000370. The molecular weight excluding hydrogens is 417 g/mol. The second-order valence-electron chi connectivity index (χ2n) is 6.52. The second-order valence-corrected chi connectivity index (χ2v) is 6.96. The fraction of sp³-hybridized carbons (Fsp3) is 0.412. The summed E-state index contributed by atoms with van der Waals surface area (Å²) in [5, 5.41) is 21.4. The van der Waals surface area contributed by atoms with Gasteiger partial charge in [-0.15, -0.1) is 0 Å². The van der Waals surface area contributed by atoms with E-state index in [1.807, 2.05) is 23.1 Å². The van der Waals surface area contributed by atoms with E-state index in [2.05, 4.69) is 10.1 Å². The zero-order valence-corrected chi connectivity index (χ0v) is 16.0. The molecule has 0 radical (unpaired) electrons. The van der Waals surface area contributed by atoms with Gasteiger partial charge in [0.15, 0.2) is 0 Å². The summed E-state index contributed by atoms with van der Waals surface area (Å²) in [5.74, 6) is -3.53. The van der Waals surface area contributed by atoms with Gasteiger partial charge in [0.2, 0.25) is 0 Å². The van der Waals surface area contributed by atoms with Crippen LogP contribution < -0.4 is 0 Å². The number of carboxylic acids is 2. The SMILES string of the molecule is CC1(C(=O)O)CCCN1Cc1ccc(Cl)cc1-n1cncn1.O=C(O)C(F)(F)F. The van der Waals surface area contributed by atoms with Crippen molar-refractivity contribution in [1.82, 2.24) is 19.7 Å². The number of halogens is 4. The molecule has 158 valence electrons. The highest BCUT2D eigenvalue weighted by Crippen LogP contribution is 2.32. The number of carboxylic acid groups (broad SMARTS) is 2. The number of carbonyl (C=O) groups is 2. The van der Waals surface area contributed by atoms with Crippen LogP contribution in [0.3, 0.4) is 0 Å². The Morgan fingerprint density at radius 2 is 1.97 bits per heavy atom. The van der Waals surface area contributed by atoms with Crippen molar-refractivity contribution in [3.8, 4) is 5.69 Å². The Labute approximate surface area is 168 Å². The summed E-state index contributed by atoms with van der Waals surface area (Å²) in [4.78, 5) is 26.5. The highest BCUT2D eigenvalue weighted by atomic mass is 35.5. The predicted molar refractivity (Wildman–Crippen MR) is 95.7 cm³/mol. The van der Waals surface area contributed by atoms with Crippen LogP contribution >= 0.6 is 11.6 Å². The lowest BCUT2D eigenvalue weighted by atomic mass is 9.98. The van der Waals surface area contributed by atoms with E-state index in [0.29, 0.717) is 18.0 Å². The molecule has 0 bridgehead atoms. The molecule has 1 atom stereocenters. The van der Waals surface area contributed by atoms with Gasteiger partial charge in [0.05, 0.1) is 5.69 Å². The van der Waals surface area contributed by atoms with Crippen molar-refractivity contribution >= 4 is 23.5 Å². The van der Waals surface area contributed by atoms with Gasteiger partial charge in [0.25, 0.3) is 0 Å². The molecule has 1 aliphatic heterocycles. The Morgan fingerprint density at radius 3 is 2.48 bits per heavy atom. The summed E-state index contributed by atoms with van der Waals surface area (Å²) < 4.78 is 33.4. The van der Waals surface area contributed by atoms with Crippen molar-refractivity contribution < 1.29 is 33.0 Å². The van der Waals surface area contributed by atoms with Crippen LogP contribution in [0, 0.1) is 0 Å². The molecule has 1 aromatic heterocycles. The minimum Gasteiger partial charge on any atom is -0.480 e. The van der Waals surface area contributed by atoms with Crippen molar-refractivity contribution in [3.63, 3.8) is 0 Å². The lowest BCUT2D eigenvalue weighted by Gasteiger charge is -2.31. The summed E-state index contributed by atoms with van der Waals surface area (Å²) in [6, 6.07) is 5.55. The highest BCUT2D eigenvalue weighted by molar-refractivity contribution is 6.30. The third kappa shape index (κ3) is 5.45. The molecule has 2 aromatic rings. The average Bonchev–Trinajstić information content (AvgIpc) is 3.27. The molecule has 1 aromatic carbocycles. The molecule has 8 nitrogen and oxygen atoms in total. The van der Waals surface area contributed by atoms with Crippen molar-refractivity contribution in [2.24, 2.45) is 0 Å². The topological polar surface area (TPSA) is 109 Å². The largest absolute Gasteiger partial charge is 0.490 e. The lowest BCUT2D eigenvalue weighted by molar-refractivity contribution is -0.192. The first-order valence-corrected chi connectivity index (χ1v) is 8.75. The number of hydrogen-bond acceptors (Lipinski definition) is 5. The van der Waals surface area contributed by atoms with Gasteiger partial charge in [-0.05, 0) is 44.0 Å². The highest BCUT2D eigenvalue weighted by Gasteiger charge is 2.43. The maximum absolute atomic E-state index is 11.6. The number of benzene rings is 1. The Bertz CT molecular complexity index is 876. The first kappa shape index (κ1) is 22.6. The van der Waals surface area contributed by atoms with E-state index in [-0.39, 0.29) is 0 Å². The van der Waals surface area contributed by atoms with Crippen LogP contribution in [-0.2, 0) is 16.1 Å². The summed E-state index contributed by atoms with van der Waals surface area (Å²) in [5.41, 5.74) is 0.980. The Kier molecular flexibility index (Phi) is 6.85. The number of rotatable bonds is 4.